The number of allylic oxidation sites excluding steroid dienone is 14. The van der Waals surface area contributed by atoms with Crippen LogP contribution in [0.2, 0.25) is 0 Å². The van der Waals surface area contributed by atoms with Gasteiger partial charge in [-0.05, 0) is 109 Å². The van der Waals surface area contributed by atoms with Crippen molar-refractivity contribution in [3.63, 3.8) is 0 Å². The van der Waals surface area contributed by atoms with Gasteiger partial charge < -0.3 is 14.2 Å². The Kier molecular flexibility index (Phi) is 56.3. The molecule has 0 saturated heterocycles. The fraction of sp³-hybridized carbons (Fsp3) is 0.738. The average Bonchev–Trinajstić information content (AvgIpc) is 3.37. The number of rotatable bonds is 54. The van der Waals surface area contributed by atoms with Gasteiger partial charge in [-0.25, -0.2) is 0 Å². The maximum absolute atomic E-state index is 12.9. The Morgan fingerprint density at radius 3 is 0.915 bits per heavy atom. The third-order valence-corrected chi connectivity index (χ3v) is 12.9. The zero-order valence-corrected chi connectivity index (χ0v) is 46.7. The third kappa shape index (κ3) is 57.4. The number of hydrogen-bond acceptors (Lipinski definition) is 6. The lowest BCUT2D eigenvalue weighted by Crippen LogP contribution is -2.30. The van der Waals surface area contributed by atoms with E-state index in [1.54, 1.807) is 0 Å². The van der Waals surface area contributed by atoms with Crippen molar-refractivity contribution in [2.75, 3.05) is 13.2 Å². The minimum absolute atomic E-state index is 0.0850. The largest absolute Gasteiger partial charge is 0.462 e. The molecule has 1 unspecified atom stereocenters. The first kappa shape index (κ1) is 67.6. The molecule has 6 heteroatoms. The normalized spacial score (nSPS) is 12.7. The third-order valence-electron chi connectivity index (χ3n) is 12.9. The highest BCUT2D eigenvalue weighted by atomic mass is 16.6. The quantitative estimate of drug-likeness (QED) is 0.0261. The topological polar surface area (TPSA) is 78.9 Å². The van der Waals surface area contributed by atoms with E-state index in [9.17, 15) is 14.4 Å². The van der Waals surface area contributed by atoms with Crippen LogP contribution >= 0.6 is 0 Å². The van der Waals surface area contributed by atoms with Crippen LogP contribution in [-0.2, 0) is 28.6 Å². The van der Waals surface area contributed by atoms with Crippen LogP contribution in [0.15, 0.2) is 85.1 Å². The Morgan fingerprint density at radius 2 is 0.563 bits per heavy atom. The first-order chi connectivity index (χ1) is 35.0. The standard InChI is InChI=1S/C65H112O6/c1-4-7-10-13-16-19-22-24-26-28-29-30-31-32-33-34-35-37-38-40-43-46-49-52-55-58-64(67)70-61-62(60-69-63(66)57-54-51-48-45-42-21-18-15-12-9-6-3)71-65(68)59-56-53-50-47-44-41-39-36-27-25-23-20-17-14-11-8-5-2/h8,11,15,17-18,20,22,24-25,27-29,31-32,62H,4-7,9-10,12-14,16,19,21,23,26,30,33-61H2,1-3H3/b11-8-,18-15-,20-17-,24-22-,27-25-,29-28-,32-31-. The van der Waals surface area contributed by atoms with Crippen LogP contribution < -0.4 is 0 Å². The SMILES string of the molecule is CC/C=C\C/C=C\C/C=C\CCCCCCCCCC(=O)OC(COC(=O)CCCCCCC/C=C\CCCC)COC(=O)CCCCCCCCCCCC/C=C\C/C=C\C/C=C\CCCCCCC. The number of ether oxygens (including phenoxy) is 3. The van der Waals surface area contributed by atoms with Crippen LogP contribution in [0.1, 0.15) is 290 Å². The van der Waals surface area contributed by atoms with E-state index in [4.69, 9.17) is 14.2 Å². The summed E-state index contributed by atoms with van der Waals surface area (Å²) in [6.07, 6.45) is 77.2. The molecule has 0 aliphatic heterocycles. The van der Waals surface area contributed by atoms with Gasteiger partial charge in [-0.3, -0.25) is 14.4 Å². The van der Waals surface area contributed by atoms with Crippen molar-refractivity contribution < 1.29 is 28.6 Å². The molecule has 0 rings (SSSR count). The van der Waals surface area contributed by atoms with Gasteiger partial charge in [0.2, 0.25) is 0 Å². The van der Waals surface area contributed by atoms with Gasteiger partial charge in [0, 0.05) is 19.3 Å². The molecule has 0 amide bonds. The molecule has 71 heavy (non-hydrogen) atoms. The van der Waals surface area contributed by atoms with Gasteiger partial charge in [-0.15, -0.1) is 0 Å². The molecule has 0 fully saturated rings. The van der Waals surface area contributed by atoms with E-state index in [2.05, 4.69) is 106 Å². The van der Waals surface area contributed by atoms with Crippen LogP contribution in [0.3, 0.4) is 0 Å². The fourth-order valence-corrected chi connectivity index (χ4v) is 8.33. The fourth-order valence-electron chi connectivity index (χ4n) is 8.33. The zero-order valence-electron chi connectivity index (χ0n) is 46.7. The maximum atomic E-state index is 12.9. The van der Waals surface area contributed by atoms with Gasteiger partial charge in [0.05, 0.1) is 0 Å². The van der Waals surface area contributed by atoms with Crippen LogP contribution in [0.25, 0.3) is 0 Å². The van der Waals surface area contributed by atoms with E-state index < -0.39 is 6.10 Å². The summed E-state index contributed by atoms with van der Waals surface area (Å²) in [5.41, 5.74) is 0. The average molecular weight is 990 g/mol. The number of unbranched alkanes of at least 4 members (excludes halogenated alkanes) is 29. The molecule has 0 aliphatic carbocycles. The molecule has 0 aromatic carbocycles. The Labute approximate surface area is 439 Å². The van der Waals surface area contributed by atoms with Crippen LogP contribution in [0.5, 0.6) is 0 Å². The van der Waals surface area contributed by atoms with Gasteiger partial charge >= 0.3 is 17.9 Å². The van der Waals surface area contributed by atoms with Crippen LogP contribution in [0, 0.1) is 0 Å². The Morgan fingerprint density at radius 1 is 0.296 bits per heavy atom. The van der Waals surface area contributed by atoms with E-state index in [0.717, 1.165) is 103 Å². The molecule has 0 saturated carbocycles. The van der Waals surface area contributed by atoms with Crippen LogP contribution in [-0.4, -0.2) is 37.2 Å². The van der Waals surface area contributed by atoms with Gasteiger partial charge in [-0.1, -0.05) is 247 Å². The molecule has 408 valence electrons. The Balaban J connectivity index is 4.29. The van der Waals surface area contributed by atoms with Gasteiger partial charge in [0.1, 0.15) is 13.2 Å². The smallest absolute Gasteiger partial charge is 0.306 e. The van der Waals surface area contributed by atoms with Crippen molar-refractivity contribution in [3.8, 4) is 0 Å². The van der Waals surface area contributed by atoms with Crippen LogP contribution in [0.4, 0.5) is 0 Å². The molecule has 0 radical (unpaired) electrons. The lowest BCUT2D eigenvalue weighted by molar-refractivity contribution is -0.167. The zero-order chi connectivity index (χ0) is 51.4. The van der Waals surface area contributed by atoms with Gasteiger partial charge in [0.15, 0.2) is 6.10 Å². The molecule has 1 atom stereocenters. The van der Waals surface area contributed by atoms with Crippen molar-refractivity contribution in [2.24, 2.45) is 0 Å². The Bertz CT molecular complexity index is 1370. The molecular weight excluding hydrogens is 877 g/mol. The summed E-state index contributed by atoms with van der Waals surface area (Å²) in [6.45, 7) is 6.48. The van der Waals surface area contributed by atoms with Crippen molar-refractivity contribution in [1.82, 2.24) is 0 Å². The lowest BCUT2D eigenvalue weighted by Gasteiger charge is -2.18. The minimum atomic E-state index is -0.787. The van der Waals surface area contributed by atoms with Crippen molar-refractivity contribution in [2.45, 2.75) is 297 Å². The van der Waals surface area contributed by atoms with Crippen molar-refractivity contribution >= 4 is 17.9 Å². The molecule has 0 bridgehead atoms. The second-order valence-corrected chi connectivity index (χ2v) is 19.9. The predicted molar refractivity (Wildman–Crippen MR) is 307 cm³/mol. The summed E-state index contributed by atoms with van der Waals surface area (Å²) in [4.78, 5) is 38.2. The summed E-state index contributed by atoms with van der Waals surface area (Å²) >= 11 is 0. The number of hydrogen-bond donors (Lipinski definition) is 0. The van der Waals surface area contributed by atoms with E-state index >= 15 is 0 Å². The van der Waals surface area contributed by atoms with E-state index in [1.165, 1.54) is 148 Å². The molecule has 0 N–H and O–H groups in total. The van der Waals surface area contributed by atoms with E-state index in [0.29, 0.717) is 19.3 Å². The lowest BCUT2D eigenvalue weighted by atomic mass is 10.1. The molecule has 0 aliphatic rings. The second-order valence-electron chi connectivity index (χ2n) is 19.9. The van der Waals surface area contributed by atoms with Gasteiger partial charge in [0.25, 0.3) is 0 Å². The summed E-state index contributed by atoms with van der Waals surface area (Å²) < 4.78 is 16.9. The molecule has 0 spiro atoms. The van der Waals surface area contributed by atoms with E-state index in [1.807, 2.05) is 0 Å². The highest BCUT2D eigenvalue weighted by Gasteiger charge is 2.19. The number of carbonyl (C=O) groups excluding carboxylic acids is 3. The van der Waals surface area contributed by atoms with E-state index in [-0.39, 0.29) is 31.1 Å². The van der Waals surface area contributed by atoms with Crippen molar-refractivity contribution in [3.05, 3.63) is 85.1 Å². The van der Waals surface area contributed by atoms with Crippen molar-refractivity contribution in [1.29, 1.82) is 0 Å². The molecular formula is C65H112O6. The molecule has 0 heterocycles. The first-order valence-electron chi connectivity index (χ1n) is 30.1. The minimum Gasteiger partial charge on any atom is -0.462 e. The highest BCUT2D eigenvalue weighted by Crippen LogP contribution is 2.15. The summed E-state index contributed by atoms with van der Waals surface area (Å²) in [6, 6.07) is 0. The number of carbonyl (C=O) groups is 3. The first-order valence-corrected chi connectivity index (χ1v) is 30.1. The molecule has 6 nitrogen and oxygen atoms in total. The summed E-state index contributed by atoms with van der Waals surface area (Å²) in [5.74, 6) is -0.902. The summed E-state index contributed by atoms with van der Waals surface area (Å²) in [7, 11) is 0. The molecule has 0 aromatic heterocycles. The second kappa shape index (κ2) is 59.2. The van der Waals surface area contributed by atoms with Gasteiger partial charge in [-0.2, -0.15) is 0 Å². The molecule has 0 aromatic rings. The maximum Gasteiger partial charge on any atom is 0.306 e. The number of esters is 3. The summed E-state index contributed by atoms with van der Waals surface area (Å²) in [5, 5.41) is 0. The monoisotopic (exact) mass is 989 g/mol. The predicted octanol–water partition coefficient (Wildman–Crippen LogP) is 20.3. The highest BCUT2D eigenvalue weighted by molar-refractivity contribution is 5.71. The Hall–Kier alpha value is -3.41.